The molecule has 1 heterocycles. The van der Waals surface area contributed by atoms with Gasteiger partial charge in [-0.3, -0.25) is 0 Å². The van der Waals surface area contributed by atoms with Gasteiger partial charge in [0.15, 0.2) is 5.82 Å². The van der Waals surface area contributed by atoms with Gasteiger partial charge in [0, 0.05) is 10.0 Å². The standard InChI is InChI=1S/C13H16BrN3O/c1-13(2,3)17-8-15-16-12(17)10-6-5-9(14)7-11(10)18-4/h5-8H,1-4H3. The van der Waals surface area contributed by atoms with Crippen LogP contribution in [0.1, 0.15) is 20.8 Å². The molecule has 1 aromatic carbocycles. The molecule has 96 valence electrons. The summed E-state index contributed by atoms with van der Waals surface area (Å²) in [6.07, 6.45) is 1.75. The van der Waals surface area contributed by atoms with Crippen LogP contribution >= 0.6 is 15.9 Å². The molecule has 0 bridgehead atoms. The van der Waals surface area contributed by atoms with Crippen LogP contribution in [0.4, 0.5) is 0 Å². The van der Waals surface area contributed by atoms with Gasteiger partial charge in [0.1, 0.15) is 12.1 Å². The van der Waals surface area contributed by atoms with E-state index in [2.05, 4.69) is 46.9 Å². The van der Waals surface area contributed by atoms with Crippen LogP contribution in [0.5, 0.6) is 5.75 Å². The van der Waals surface area contributed by atoms with E-state index in [1.54, 1.807) is 13.4 Å². The van der Waals surface area contributed by atoms with E-state index in [1.165, 1.54) is 0 Å². The van der Waals surface area contributed by atoms with Crippen LogP contribution in [0, 0.1) is 0 Å². The smallest absolute Gasteiger partial charge is 0.167 e. The van der Waals surface area contributed by atoms with Gasteiger partial charge in [-0.1, -0.05) is 15.9 Å². The summed E-state index contributed by atoms with van der Waals surface area (Å²) >= 11 is 3.44. The first kappa shape index (κ1) is 13.1. The normalized spacial score (nSPS) is 11.6. The molecule has 0 saturated heterocycles. The average molecular weight is 310 g/mol. The molecule has 0 amide bonds. The molecule has 0 saturated carbocycles. The second-order valence-electron chi connectivity index (χ2n) is 5.04. The fourth-order valence-corrected chi connectivity index (χ4v) is 2.10. The molecule has 0 N–H and O–H groups in total. The van der Waals surface area contributed by atoms with Gasteiger partial charge in [-0.05, 0) is 39.0 Å². The first-order chi connectivity index (χ1) is 8.43. The van der Waals surface area contributed by atoms with Gasteiger partial charge < -0.3 is 9.30 Å². The van der Waals surface area contributed by atoms with Crippen molar-refractivity contribution >= 4 is 15.9 Å². The van der Waals surface area contributed by atoms with Gasteiger partial charge in [-0.15, -0.1) is 10.2 Å². The van der Waals surface area contributed by atoms with Gasteiger partial charge in [0.05, 0.1) is 12.7 Å². The van der Waals surface area contributed by atoms with Crippen molar-refractivity contribution in [2.75, 3.05) is 7.11 Å². The predicted molar refractivity (Wildman–Crippen MR) is 74.7 cm³/mol. The number of halogens is 1. The Morgan fingerprint density at radius 2 is 2.00 bits per heavy atom. The number of aromatic nitrogens is 3. The zero-order chi connectivity index (χ0) is 13.3. The molecule has 0 aliphatic heterocycles. The highest BCUT2D eigenvalue weighted by Gasteiger charge is 2.20. The number of benzene rings is 1. The minimum absolute atomic E-state index is 0.0725. The molecule has 1 aromatic heterocycles. The number of nitrogens with zero attached hydrogens (tertiary/aromatic N) is 3. The van der Waals surface area contributed by atoms with Crippen LogP contribution in [-0.4, -0.2) is 21.9 Å². The first-order valence-corrected chi connectivity index (χ1v) is 6.47. The van der Waals surface area contributed by atoms with Crippen molar-refractivity contribution < 1.29 is 4.74 Å². The summed E-state index contributed by atoms with van der Waals surface area (Å²) in [6, 6.07) is 5.88. The van der Waals surface area contributed by atoms with E-state index in [1.807, 2.05) is 22.8 Å². The molecule has 18 heavy (non-hydrogen) atoms. The molecule has 0 radical (unpaired) electrons. The summed E-state index contributed by atoms with van der Waals surface area (Å²) in [5.41, 5.74) is 0.866. The average Bonchev–Trinajstić information content (AvgIpc) is 2.77. The minimum atomic E-state index is -0.0725. The molecule has 4 nitrogen and oxygen atoms in total. The zero-order valence-corrected chi connectivity index (χ0v) is 12.5. The number of hydrogen-bond acceptors (Lipinski definition) is 3. The third-order valence-electron chi connectivity index (χ3n) is 2.67. The van der Waals surface area contributed by atoms with Gasteiger partial charge in [-0.25, -0.2) is 0 Å². The molecule has 0 unspecified atom stereocenters. The van der Waals surface area contributed by atoms with Crippen LogP contribution in [-0.2, 0) is 5.54 Å². The van der Waals surface area contributed by atoms with Gasteiger partial charge in [0.25, 0.3) is 0 Å². The summed E-state index contributed by atoms with van der Waals surface area (Å²) in [7, 11) is 1.66. The Morgan fingerprint density at radius 1 is 1.28 bits per heavy atom. The van der Waals surface area contributed by atoms with Crippen molar-refractivity contribution in [2.24, 2.45) is 0 Å². The van der Waals surface area contributed by atoms with Crippen LogP contribution in [0.3, 0.4) is 0 Å². The molecule has 0 aliphatic rings. The number of methoxy groups -OCH3 is 1. The second kappa shape index (κ2) is 4.72. The highest BCUT2D eigenvalue weighted by molar-refractivity contribution is 9.10. The first-order valence-electron chi connectivity index (χ1n) is 5.68. The Balaban J connectivity index is 2.59. The quantitative estimate of drug-likeness (QED) is 0.852. The summed E-state index contributed by atoms with van der Waals surface area (Å²) in [6.45, 7) is 6.35. The molecule has 5 heteroatoms. The van der Waals surface area contributed by atoms with E-state index in [0.717, 1.165) is 21.6 Å². The Hall–Kier alpha value is -1.36. The van der Waals surface area contributed by atoms with Gasteiger partial charge >= 0.3 is 0 Å². The predicted octanol–water partition coefficient (Wildman–Crippen LogP) is 3.47. The van der Waals surface area contributed by atoms with Crippen LogP contribution < -0.4 is 4.74 Å². The van der Waals surface area contributed by atoms with E-state index in [4.69, 9.17) is 4.74 Å². The van der Waals surface area contributed by atoms with Crippen molar-refractivity contribution in [2.45, 2.75) is 26.3 Å². The van der Waals surface area contributed by atoms with Crippen LogP contribution in [0.15, 0.2) is 29.0 Å². The Kier molecular flexibility index (Phi) is 3.43. The van der Waals surface area contributed by atoms with E-state index >= 15 is 0 Å². The van der Waals surface area contributed by atoms with Crippen molar-refractivity contribution in [3.05, 3.63) is 29.0 Å². The van der Waals surface area contributed by atoms with Crippen molar-refractivity contribution in [1.82, 2.24) is 14.8 Å². The van der Waals surface area contributed by atoms with E-state index in [0.29, 0.717) is 0 Å². The lowest BCUT2D eigenvalue weighted by molar-refractivity contribution is 0.395. The van der Waals surface area contributed by atoms with E-state index < -0.39 is 0 Å². The fourth-order valence-electron chi connectivity index (χ4n) is 1.76. The molecular weight excluding hydrogens is 294 g/mol. The van der Waals surface area contributed by atoms with Gasteiger partial charge in [0.2, 0.25) is 0 Å². The zero-order valence-electron chi connectivity index (χ0n) is 10.9. The third-order valence-corrected chi connectivity index (χ3v) is 3.17. The lowest BCUT2D eigenvalue weighted by Gasteiger charge is -2.22. The van der Waals surface area contributed by atoms with Gasteiger partial charge in [-0.2, -0.15) is 0 Å². The second-order valence-corrected chi connectivity index (χ2v) is 5.96. The van der Waals surface area contributed by atoms with Crippen LogP contribution in [0.2, 0.25) is 0 Å². The Bertz CT molecular complexity index is 558. The summed E-state index contributed by atoms with van der Waals surface area (Å²) < 4.78 is 8.42. The van der Waals surface area contributed by atoms with Crippen molar-refractivity contribution in [3.63, 3.8) is 0 Å². The Morgan fingerprint density at radius 3 is 2.61 bits per heavy atom. The highest BCUT2D eigenvalue weighted by Crippen LogP contribution is 2.33. The number of hydrogen-bond donors (Lipinski definition) is 0. The largest absolute Gasteiger partial charge is 0.496 e. The summed E-state index contributed by atoms with van der Waals surface area (Å²) in [5, 5.41) is 8.22. The maximum Gasteiger partial charge on any atom is 0.167 e. The third kappa shape index (κ3) is 2.41. The van der Waals surface area contributed by atoms with E-state index in [-0.39, 0.29) is 5.54 Å². The molecule has 0 fully saturated rings. The molecule has 2 rings (SSSR count). The van der Waals surface area contributed by atoms with Crippen molar-refractivity contribution in [3.8, 4) is 17.1 Å². The molecule has 0 aliphatic carbocycles. The van der Waals surface area contributed by atoms with Crippen molar-refractivity contribution in [1.29, 1.82) is 0 Å². The maximum absolute atomic E-state index is 5.41. The SMILES string of the molecule is COc1cc(Br)ccc1-c1nncn1C(C)(C)C. The van der Waals surface area contributed by atoms with Crippen LogP contribution in [0.25, 0.3) is 11.4 Å². The lowest BCUT2D eigenvalue weighted by atomic mass is 10.1. The number of ether oxygens (including phenoxy) is 1. The molecule has 2 aromatic rings. The highest BCUT2D eigenvalue weighted by atomic mass is 79.9. The molecule has 0 atom stereocenters. The minimum Gasteiger partial charge on any atom is -0.496 e. The lowest BCUT2D eigenvalue weighted by Crippen LogP contribution is -2.22. The number of rotatable bonds is 2. The maximum atomic E-state index is 5.41. The fraction of sp³-hybridized carbons (Fsp3) is 0.385. The summed E-state index contributed by atoms with van der Waals surface area (Å²) in [4.78, 5) is 0. The molecular formula is C13H16BrN3O. The van der Waals surface area contributed by atoms with E-state index in [9.17, 15) is 0 Å². The topological polar surface area (TPSA) is 39.9 Å². The summed E-state index contributed by atoms with van der Waals surface area (Å²) in [5.74, 6) is 1.59. The molecule has 0 spiro atoms. The monoisotopic (exact) mass is 309 g/mol. The Labute approximate surface area is 115 Å².